The van der Waals surface area contributed by atoms with Crippen LogP contribution in [0.25, 0.3) is 0 Å². The Labute approximate surface area is 138 Å². The summed E-state index contributed by atoms with van der Waals surface area (Å²) in [5.74, 6) is 0.714. The summed E-state index contributed by atoms with van der Waals surface area (Å²) in [6.45, 7) is 4.40. The molecule has 122 valence electrons. The number of nitrogens with zero attached hydrogens (tertiary/aromatic N) is 1. The van der Waals surface area contributed by atoms with E-state index in [4.69, 9.17) is 4.74 Å². The highest BCUT2D eigenvalue weighted by molar-refractivity contribution is 5.94. The van der Waals surface area contributed by atoms with Crippen molar-refractivity contribution in [3.8, 4) is 5.75 Å². The van der Waals surface area contributed by atoms with Gasteiger partial charge in [0.25, 0.3) is 0 Å². The van der Waals surface area contributed by atoms with Crippen LogP contribution in [0.4, 0.5) is 11.4 Å². The topological polar surface area (TPSA) is 41.6 Å². The summed E-state index contributed by atoms with van der Waals surface area (Å²) < 4.78 is 5.77. The third-order valence-electron chi connectivity index (χ3n) is 3.61. The van der Waals surface area contributed by atoms with Crippen LogP contribution in [-0.2, 0) is 4.79 Å². The van der Waals surface area contributed by atoms with E-state index in [0.29, 0.717) is 6.54 Å². The Morgan fingerprint density at radius 1 is 1.17 bits per heavy atom. The van der Waals surface area contributed by atoms with E-state index in [1.54, 1.807) is 0 Å². The van der Waals surface area contributed by atoms with Gasteiger partial charge in [0.2, 0.25) is 5.91 Å². The lowest BCUT2D eigenvalue weighted by atomic mass is 10.2. The van der Waals surface area contributed by atoms with Crippen LogP contribution >= 0.6 is 0 Å². The van der Waals surface area contributed by atoms with Gasteiger partial charge in [-0.2, -0.15) is 0 Å². The van der Waals surface area contributed by atoms with E-state index in [1.165, 1.54) is 0 Å². The number of hydrogen-bond donors (Lipinski definition) is 1. The quantitative estimate of drug-likeness (QED) is 0.842. The van der Waals surface area contributed by atoms with Crippen molar-refractivity contribution in [3.05, 3.63) is 54.6 Å². The van der Waals surface area contributed by atoms with Gasteiger partial charge in [-0.1, -0.05) is 31.2 Å². The molecule has 1 amide bonds. The minimum atomic E-state index is -0.0583. The van der Waals surface area contributed by atoms with Crippen LogP contribution in [0.2, 0.25) is 0 Å². The molecule has 23 heavy (non-hydrogen) atoms. The number of nitrogens with one attached hydrogen (secondary N) is 1. The summed E-state index contributed by atoms with van der Waals surface area (Å²) in [6, 6.07) is 17.3. The average Bonchev–Trinajstić information content (AvgIpc) is 2.55. The lowest BCUT2D eigenvalue weighted by Gasteiger charge is -2.19. The molecule has 0 radical (unpaired) electrons. The average molecular weight is 312 g/mol. The first-order chi connectivity index (χ1) is 11.1. The van der Waals surface area contributed by atoms with Crippen molar-refractivity contribution in [1.82, 2.24) is 0 Å². The lowest BCUT2D eigenvalue weighted by Crippen LogP contribution is -2.29. The van der Waals surface area contributed by atoms with E-state index in [1.807, 2.05) is 73.5 Å². The van der Waals surface area contributed by atoms with Crippen LogP contribution in [-0.4, -0.2) is 25.6 Å². The Hall–Kier alpha value is -2.49. The molecule has 2 rings (SSSR count). The number of anilines is 2. The van der Waals surface area contributed by atoms with E-state index in [2.05, 4.69) is 12.2 Å². The first-order valence-corrected chi connectivity index (χ1v) is 7.91. The van der Waals surface area contributed by atoms with Gasteiger partial charge in [0, 0.05) is 24.5 Å². The number of ether oxygens (including phenoxy) is 1. The molecule has 0 aliphatic heterocycles. The zero-order chi connectivity index (χ0) is 16.7. The van der Waals surface area contributed by atoms with Crippen molar-refractivity contribution >= 4 is 17.3 Å². The maximum atomic E-state index is 12.2. The van der Waals surface area contributed by atoms with Gasteiger partial charge >= 0.3 is 0 Å². The number of amides is 1. The number of carbonyl (C=O) groups is 1. The van der Waals surface area contributed by atoms with Gasteiger partial charge in [-0.3, -0.25) is 4.79 Å². The van der Waals surface area contributed by atoms with Gasteiger partial charge in [-0.15, -0.1) is 0 Å². The SMILES string of the molecule is CCC(C)Oc1cccc(NC(=O)CN(C)c2ccccc2)c1. The van der Waals surface area contributed by atoms with Crippen molar-refractivity contribution < 1.29 is 9.53 Å². The summed E-state index contributed by atoms with van der Waals surface area (Å²) in [5.41, 5.74) is 1.76. The highest BCUT2D eigenvalue weighted by Crippen LogP contribution is 2.19. The van der Waals surface area contributed by atoms with E-state index in [-0.39, 0.29) is 12.0 Å². The van der Waals surface area contributed by atoms with Crippen LogP contribution in [0.1, 0.15) is 20.3 Å². The van der Waals surface area contributed by atoms with Crippen molar-refractivity contribution in [2.75, 3.05) is 23.8 Å². The fourth-order valence-electron chi connectivity index (χ4n) is 2.15. The molecule has 0 saturated carbocycles. The molecule has 1 N–H and O–H groups in total. The monoisotopic (exact) mass is 312 g/mol. The lowest BCUT2D eigenvalue weighted by molar-refractivity contribution is -0.114. The second-order valence-electron chi connectivity index (χ2n) is 5.60. The number of hydrogen-bond acceptors (Lipinski definition) is 3. The van der Waals surface area contributed by atoms with Crippen molar-refractivity contribution in [2.45, 2.75) is 26.4 Å². The van der Waals surface area contributed by atoms with Gasteiger partial charge in [0.15, 0.2) is 0 Å². The van der Waals surface area contributed by atoms with Crippen LogP contribution in [0.3, 0.4) is 0 Å². The summed E-state index contributed by atoms with van der Waals surface area (Å²) in [7, 11) is 1.90. The Morgan fingerprint density at radius 2 is 1.91 bits per heavy atom. The molecule has 4 heteroatoms. The van der Waals surface area contributed by atoms with Gasteiger partial charge in [0.1, 0.15) is 5.75 Å². The Balaban J connectivity index is 1.93. The number of rotatable bonds is 7. The highest BCUT2D eigenvalue weighted by Gasteiger charge is 2.08. The molecule has 0 fully saturated rings. The molecule has 0 aliphatic carbocycles. The molecular formula is C19H24N2O2. The molecule has 4 nitrogen and oxygen atoms in total. The van der Waals surface area contributed by atoms with Gasteiger partial charge < -0.3 is 15.0 Å². The number of benzene rings is 2. The maximum absolute atomic E-state index is 12.2. The first-order valence-electron chi connectivity index (χ1n) is 7.91. The maximum Gasteiger partial charge on any atom is 0.243 e. The van der Waals surface area contributed by atoms with Crippen molar-refractivity contribution in [1.29, 1.82) is 0 Å². The second-order valence-corrected chi connectivity index (χ2v) is 5.60. The third kappa shape index (κ3) is 5.33. The number of likely N-dealkylation sites (N-methyl/N-ethyl adjacent to an activating group) is 1. The summed E-state index contributed by atoms with van der Waals surface area (Å²) in [5, 5.41) is 2.91. The van der Waals surface area contributed by atoms with Gasteiger partial charge in [-0.05, 0) is 37.6 Å². The second kappa shape index (κ2) is 8.22. The fourth-order valence-corrected chi connectivity index (χ4v) is 2.15. The molecule has 0 spiro atoms. The normalized spacial score (nSPS) is 11.6. The summed E-state index contributed by atoms with van der Waals surface area (Å²) in [4.78, 5) is 14.1. The van der Waals surface area contributed by atoms with E-state index < -0.39 is 0 Å². The fraction of sp³-hybridized carbons (Fsp3) is 0.316. The first kappa shape index (κ1) is 16.9. The minimum Gasteiger partial charge on any atom is -0.491 e. The highest BCUT2D eigenvalue weighted by atomic mass is 16.5. The number of para-hydroxylation sites is 1. The molecule has 2 aromatic rings. The summed E-state index contributed by atoms with van der Waals surface area (Å²) >= 11 is 0. The van der Waals surface area contributed by atoms with Crippen molar-refractivity contribution in [2.24, 2.45) is 0 Å². The zero-order valence-corrected chi connectivity index (χ0v) is 14.0. The van der Waals surface area contributed by atoms with Crippen LogP contribution in [0.15, 0.2) is 54.6 Å². The third-order valence-corrected chi connectivity index (χ3v) is 3.61. The molecule has 1 atom stereocenters. The smallest absolute Gasteiger partial charge is 0.243 e. The molecular weight excluding hydrogens is 288 g/mol. The Bertz CT molecular complexity index is 628. The molecule has 0 heterocycles. The van der Waals surface area contributed by atoms with E-state index in [9.17, 15) is 4.79 Å². The van der Waals surface area contributed by atoms with E-state index in [0.717, 1.165) is 23.5 Å². The molecule has 0 aromatic heterocycles. The molecule has 2 aromatic carbocycles. The Morgan fingerprint density at radius 3 is 2.61 bits per heavy atom. The predicted molar refractivity (Wildman–Crippen MR) is 95.2 cm³/mol. The van der Waals surface area contributed by atoms with Crippen LogP contribution in [0.5, 0.6) is 5.75 Å². The van der Waals surface area contributed by atoms with Crippen LogP contribution in [0, 0.1) is 0 Å². The molecule has 1 unspecified atom stereocenters. The Kier molecular flexibility index (Phi) is 6.03. The number of carbonyl (C=O) groups excluding carboxylic acids is 1. The standard InChI is InChI=1S/C19H24N2O2/c1-4-15(2)23-18-12-8-9-16(13-18)20-19(22)14-21(3)17-10-6-5-7-11-17/h5-13,15H,4,14H2,1-3H3,(H,20,22). The van der Waals surface area contributed by atoms with E-state index >= 15 is 0 Å². The van der Waals surface area contributed by atoms with Crippen molar-refractivity contribution in [3.63, 3.8) is 0 Å². The van der Waals surface area contributed by atoms with Gasteiger partial charge in [0.05, 0.1) is 12.6 Å². The molecule has 0 aliphatic rings. The zero-order valence-electron chi connectivity index (χ0n) is 14.0. The molecule has 0 bridgehead atoms. The summed E-state index contributed by atoms with van der Waals surface area (Å²) in [6.07, 6.45) is 1.10. The van der Waals surface area contributed by atoms with Crippen LogP contribution < -0.4 is 15.0 Å². The largest absolute Gasteiger partial charge is 0.491 e. The van der Waals surface area contributed by atoms with Gasteiger partial charge in [-0.25, -0.2) is 0 Å². The minimum absolute atomic E-state index is 0.0583. The predicted octanol–water partition coefficient (Wildman–Crippen LogP) is 3.94. The molecule has 0 saturated heterocycles.